The summed E-state index contributed by atoms with van der Waals surface area (Å²) in [7, 11) is 2.13. The van der Waals surface area contributed by atoms with Gasteiger partial charge in [-0.1, -0.05) is 6.07 Å². The minimum Gasteiger partial charge on any atom is -0.492 e. The molecule has 1 unspecified atom stereocenters. The summed E-state index contributed by atoms with van der Waals surface area (Å²) in [6.07, 6.45) is 0. The van der Waals surface area contributed by atoms with Gasteiger partial charge in [-0.3, -0.25) is 4.90 Å². The van der Waals surface area contributed by atoms with Crippen LogP contribution in [0.1, 0.15) is 18.5 Å². The van der Waals surface area contributed by atoms with Crippen LogP contribution in [0.5, 0.6) is 5.75 Å². The Morgan fingerprint density at radius 3 is 2.65 bits per heavy atom. The van der Waals surface area contributed by atoms with Crippen LogP contribution in [0.25, 0.3) is 0 Å². The summed E-state index contributed by atoms with van der Waals surface area (Å²) in [5.74, 6) is 0.276. The minimum atomic E-state index is -0.288. The quantitative estimate of drug-likeness (QED) is 0.887. The van der Waals surface area contributed by atoms with Gasteiger partial charge in [0.05, 0.1) is 0 Å². The molecule has 1 saturated heterocycles. The van der Waals surface area contributed by atoms with Gasteiger partial charge in [0.25, 0.3) is 0 Å². The van der Waals surface area contributed by atoms with Gasteiger partial charge in [-0.05, 0) is 20.0 Å². The molecule has 1 aliphatic heterocycles. The van der Waals surface area contributed by atoms with Gasteiger partial charge >= 0.3 is 0 Å². The molecule has 0 aromatic heterocycles. The Labute approximate surface area is 120 Å². The van der Waals surface area contributed by atoms with Crippen molar-refractivity contribution in [3.05, 3.63) is 29.6 Å². The molecular weight excluding hydrogens is 257 g/mol. The largest absolute Gasteiger partial charge is 0.492 e. The fraction of sp³-hybridized carbons (Fsp3) is 0.600. The Morgan fingerprint density at radius 2 is 2.00 bits per heavy atom. The van der Waals surface area contributed by atoms with E-state index in [2.05, 4.69) is 16.8 Å². The third-order valence-corrected chi connectivity index (χ3v) is 3.73. The molecule has 112 valence electrons. The highest BCUT2D eigenvalue weighted by Gasteiger charge is 2.14. The van der Waals surface area contributed by atoms with Gasteiger partial charge in [0.15, 0.2) is 0 Å². The number of hydrogen-bond donors (Lipinski definition) is 1. The predicted molar refractivity (Wildman–Crippen MR) is 78.4 cm³/mol. The van der Waals surface area contributed by atoms with Crippen LogP contribution in [0.4, 0.5) is 4.39 Å². The minimum absolute atomic E-state index is 0.158. The van der Waals surface area contributed by atoms with E-state index < -0.39 is 0 Å². The molecule has 0 spiro atoms. The van der Waals surface area contributed by atoms with Crippen molar-refractivity contribution in [2.24, 2.45) is 5.73 Å². The van der Waals surface area contributed by atoms with Crippen molar-refractivity contribution in [2.45, 2.75) is 13.0 Å². The Morgan fingerprint density at radius 1 is 1.30 bits per heavy atom. The number of hydrogen-bond acceptors (Lipinski definition) is 4. The highest BCUT2D eigenvalue weighted by atomic mass is 19.1. The molecule has 1 fully saturated rings. The maximum Gasteiger partial charge on any atom is 0.127 e. The van der Waals surface area contributed by atoms with Crippen molar-refractivity contribution in [3.8, 4) is 5.75 Å². The Bertz CT molecular complexity index is 431. The van der Waals surface area contributed by atoms with Crippen LogP contribution in [0, 0.1) is 5.82 Å². The van der Waals surface area contributed by atoms with Gasteiger partial charge < -0.3 is 15.4 Å². The Hall–Kier alpha value is -1.17. The lowest BCUT2D eigenvalue weighted by molar-refractivity contribution is 0.133. The van der Waals surface area contributed by atoms with Gasteiger partial charge in [0, 0.05) is 50.4 Å². The van der Waals surface area contributed by atoms with Crippen molar-refractivity contribution in [1.29, 1.82) is 0 Å². The molecule has 1 aromatic carbocycles. The lowest BCUT2D eigenvalue weighted by Gasteiger charge is -2.32. The summed E-state index contributed by atoms with van der Waals surface area (Å²) in [6.45, 7) is 7.60. The van der Waals surface area contributed by atoms with E-state index in [0.717, 1.165) is 38.3 Å². The average molecular weight is 281 g/mol. The van der Waals surface area contributed by atoms with Gasteiger partial charge in [0.1, 0.15) is 18.2 Å². The van der Waals surface area contributed by atoms with E-state index in [1.807, 2.05) is 6.92 Å². The van der Waals surface area contributed by atoms with Crippen LogP contribution in [-0.2, 0) is 0 Å². The lowest BCUT2D eigenvalue weighted by atomic mass is 10.1. The van der Waals surface area contributed by atoms with Crippen LogP contribution in [0.3, 0.4) is 0 Å². The first kappa shape index (κ1) is 15.2. The molecule has 0 amide bonds. The van der Waals surface area contributed by atoms with Gasteiger partial charge in [0.2, 0.25) is 0 Å². The van der Waals surface area contributed by atoms with E-state index >= 15 is 0 Å². The molecule has 1 heterocycles. The molecular formula is C15H24FN3O. The summed E-state index contributed by atoms with van der Waals surface area (Å²) in [4.78, 5) is 4.68. The molecule has 1 aromatic rings. The molecule has 5 heteroatoms. The second-order valence-corrected chi connectivity index (χ2v) is 5.46. The van der Waals surface area contributed by atoms with E-state index in [1.165, 1.54) is 12.1 Å². The molecule has 0 aliphatic carbocycles. The molecule has 0 bridgehead atoms. The van der Waals surface area contributed by atoms with E-state index in [-0.39, 0.29) is 11.9 Å². The van der Waals surface area contributed by atoms with Gasteiger partial charge in [-0.2, -0.15) is 0 Å². The maximum atomic E-state index is 13.3. The highest BCUT2D eigenvalue weighted by Crippen LogP contribution is 2.24. The normalized spacial score (nSPS) is 19.0. The van der Waals surface area contributed by atoms with Crippen LogP contribution in [-0.4, -0.2) is 56.2 Å². The third-order valence-electron chi connectivity index (χ3n) is 3.73. The third kappa shape index (κ3) is 4.16. The van der Waals surface area contributed by atoms with E-state index in [4.69, 9.17) is 10.5 Å². The number of rotatable bonds is 5. The number of likely N-dealkylation sites (N-methyl/N-ethyl adjacent to an activating group) is 1. The monoisotopic (exact) mass is 281 g/mol. The Balaban J connectivity index is 1.86. The van der Waals surface area contributed by atoms with Crippen molar-refractivity contribution in [1.82, 2.24) is 9.80 Å². The first-order chi connectivity index (χ1) is 9.56. The van der Waals surface area contributed by atoms with E-state index in [0.29, 0.717) is 12.4 Å². The summed E-state index contributed by atoms with van der Waals surface area (Å²) in [5, 5.41) is 0. The zero-order chi connectivity index (χ0) is 14.5. The summed E-state index contributed by atoms with van der Waals surface area (Å²) in [5.41, 5.74) is 6.73. The molecule has 20 heavy (non-hydrogen) atoms. The summed E-state index contributed by atoms with van der Waals surface area (Å²) >= 11 is 0. The van der Waals surface area contributed by atoms with Crippen molar-refractivity contribution < 1.29 is 9.13 Å². The van der Waals surface area contributed by atoms with E-state index in [1.54, 1.807) is 6.07 Å². The molecule has 1 atom stereocenters. The van der Waals surface area contributed by atoms with Crippen LogP contribution < -0.4 is 10.5 Å². The van der Waals surface area contributed by atoms with Crippen LogP contribution >= 0.6 is 0 Å². The zero-order valence-electron chi connectivity index (χ0n) is 12.3. The summed E-state index contributed by atoms with van der Waals surface area (Å²) < 4.78 is 19.0. The number of ether oxygens (including phenoxy) is 1. The second-order valence-electron chi connectivity index (χ2n) is 5.46. The number of benzene rings is 1. The highest BCUT2D eigenvalue weighted by molar-refractivity contribution is 5.36. The first-order valence-corrected chi connectivity index (χ1v) is 7.15. The number of nitrogens with two attached hydrogens (primary N) is 1. The molecule has 0 saturated carbocycles. The topological polar surface area (TPSA) is 41.7 Å². The number of piperazine rings is 1. The standard InChI is InChI=1S/C15H24FN3O/c1-12(17)14-4-3-13(16)11-15(14)20-10-9-19-7-5-18(2)6-8-19/h3-4,11-12H,5-10,17H2,1-2H3. The first-order valence-electron chi connectivity index (χ1n) is 7.15. The van der Waals surface area contributed by atoms with Crippen molar-refractivity contribution in [3.63, 3.8) is 0 Å². The van der Waals surface area contributed by atoms with Gasteiger partial charge in [-0.15, -0.1) is 0 Å². The molecule has 2 N–H and O–H groups in total. The van der Waals surface area contributed by atoms with E-state index in [9.17, 15) is 4.39 Å². The molecule has 0 radical (unpaired) electrons. The Kier molecular flexibility index (Phi) is 5.34. The van der Waals surface area contributed by atoms with Crippen LogP contribution in [0.2, 0.25) is 0 Å². The molecule has 2 rings (SSSR count). The predicted octanol–water partition coefficient (Wildman–Crippen LogP) is 1.47. The average Bonchev–Trinajstić information content (AvgIpc) is 2.41. The summed E-state index contributed by atoms with van der Waals surface area (Å²) in [6, 6.07) is 4.38. The molecule has 4 nitrogen and oxygen atoms in total. The smallest absolute Gasteiger partial charge is 0.127 e. The fourth-order valence-electron chi connectivity index (χ4n) is 2.37. The van der Waals surface area contributed by atoms with Crippen molar-refractivity contribution >= 4 is 0 Å². The van der Waals surface area contributed by atoms with Gasteiger partial charge in [-0.25, -0.2) is 4.39 Å². The fourth-order valence-corrected chi connectivity index (χ4v) is 2.37. The van der Waals surface area contributed by atoms with Crippen LogP contribution in [0.15, 0.2) is 18.2 Å². The number of halogens is 1. The second kappa shape index (κ2) is 7.02. The molecule has 1 aliphatic rings. The lowest BCUT2D eigenvalue weighted by Crippen LogP contribution is -2.45. The maximum absolute atomic E-state index is 13.3. The number of nitrogens with zero attached hydrogens (tertiary/aromatic N) is 2. The SMILES string of the molecule is CC(N)c1ccc(F)cc1OCCN1CCN(C)CC1. The van der Waals surface area contributed by atoms with Crippen molar-refractivity contribution in [2.75, 3.05) is 46.4 Å². The zero-order valence-corrected chi connectivity index (χ0v) is 12.3.